The number of carboxylic acids is 1. The molecule has 2 N–H and O–H groups in total. The van der Waals surface area contributed by atoms with Crippen LogP contribution in [0.3, 0.4) is 0 Å². The van der Waals surface area contributed by atoms with Gasteiger partial charge in [0, 0.05) is 12.5 Å². The number of halogens is 1. The second-order valence-electron chi connectivity index (χ2n) is 4.97. The summed E-state index contributed by atoms with van der Waals surface area (Å²) in [4.78, 5) is 21.5. The Morgan fingerprint density at radius 1 is 1.62 bits per heavy atom. The van der Waals surface area contributed by atoms with Crippen molar-refractivity contribution >= 4 is 11.7 Å². The van der Waals surface area contributed by atoms with Gasteiger partial charge in [-0.05, 0) is 26.0 Å². The summed E-state index contributed by atoms with van der Waals surface area (Å²) >= 11 is 0. The highest BCUT2D eigenvalue weighted by Gasteiger charge is 2.46. The molecule has 1 aliphatic rings. The van der Waals surface area contributed by atoms with Crippen LogP contribution >= 0.6 is 0 Å². The maximum atomic E-state index is 13.7. The summed E-state index contributed by atoms with van der Waals surface area (Å²) in [5.74, 6) is -2.29. The Morgan fingerprint density at radius 2 is 2.33 bits per heavy atom. The number of hydrogen-bond acceptors (Lipinski definition) is 5. The third-order valence-corrected chi connectivity index (χ3v) is 3.78. The zero-order valence-electron chi connectivity index (χ0n) is 11.3. The molecule has 0 spiro atoms. The number of likely N-dealkylation sites (N-methyl/N-ethyl adjacent to an activating group) is 1. The van der Waals surface area contributed by atoms with Gasteiger partial charge in [-0.2, -0.15) is 0 Å². The largest absolute Gasteiger partial charge is 0.481 e. The highest BCUT2D eigenvalue weighted by atomic mass is 19.1. The molecule has 2 atom stereocenters. The first kappa shape index (κ1) is 15.2. The number of rotatable bonds is 5. The van der Waals surface area contributed by atoms with Crippen LogP contribution in [-0.2, 0) is 4.79 Å². The zero-order chi connectivity index (χ0) is 15.6. The molecule has 0 aromatic heterocycles. The number of hydrogen-bond donors (Lipinski definition) is 2. The van der Waals surface area contributed by atoms with Crippen molar-refractivity contribution in [2.45, 2.75) is 30.9 Å². The van der Waals surface area contributed by atoms with Crippen LogP contribution in [0.15, 0.2) is 18.2 Å². The number of para-hydroxylation sites is 1. The predicted octanol–water partition coefficient (Wildman–Crippen LogP) is 1.71. The van der Waals surface area contributed by atoms with E-state index in [9.17, 15) is 24.4 Å². The van der Waals surface area contributed by atoms with Crippen LogP contribution in [0.1, 0.15) is 19.3 Å². The van der Waals surface area contributed by atoms with E-state index in [-0.39, 0.29) is 6.42 Å². The van der Waals surface area contributed by atoms with Crippen molar-refractivity contribution in [1.82, 2.24) is 5.32 Å². The Balaban J connectivity index is 2.21. The van der Waals surface area contributed by atoms with Gasteiger partial charge in [-0.3, -0.25) is 14.9 Å². The molecule has 1 aliphatic carbocycles. The highest BCUT2D eigenvalue weighted by molar-refractivity contribution is 5.79. The normalized spacial score (nSPS) is 24.8. The van der Waals surface area contributed by atoms with E-state index in [1.54, 1.807) is 0 Å². The van der Waals surface area contributed by atoms with Gasteiger partial charge in [-0.1, -0.05) is 6.07 Å². The van der Waals surface area contributed by atoms with Gasteiger partial charge >= 0.3 is 11.7 Å². The van der Waals surface area contributed by atoms with Crippen LogP contribution in [0.25, 0.3) is 0 Å². The number of carboxylic acid groups (broad SMARTS) is 1. The molecular formula is C13H15FN2O5. The summed E-state index contributed by atoms with van der Waals surface area (Å²) in [5, 5.41) is 22.9. The summed E-state index contributed by atoms with van der Waals surface area (Å²) in [7, 11) is 1.53. The fourth-order valence-electron chi connectivity index (χ4n) is 2.55. The van der Waals surface area contributed by atoms with E-state index in [4.69, 9.17) is 4.74 Å². The summed E-state index contributed by atoms with van der Waals surface area (Å²) in [6, 6.07) is 3.44. The molecule has 21 heavy (non-hydrogen) atoms. The summed E-state index contributed by atoms with van der Waals surface area (Å²) in [5.41, 5.74) is -1.60. The van der Waals surface area contributed by atoms with Crippen LogP contribution in [0.2, 0.25) is 0 Å². The van der Waals surface area contributed by atoms with Gasteiger partial charge in [0.25, 0.3) is 0 Å². The lowest BCUT2D eigenvalue weighted by atomic mass is 9.98. The molecule has 1 aromatic carbocycles. The Kier molecular flexibility index (Phi) is 4.08. The van der Waals surface area contributed by atoms with Crippen LogP contribution < -0.4 is 10.1 Å². The Morgan fingerprint density at radius 3 is 2.86 bits per heavy atom. The lowest BCUT2D eigenvalue weighted by Gasteiger charge is -2.23. The Hall–Kier alpha value is -2.22. The van der Waals surface area contributed by atoms with Crippen molar-refractivity contribution in [3.8, 4) is 5.75 Å². The molecule has 7 nitrogen and oxygen atoms in total. The number of benzene rings is 1. The van der Waals surface area contributed by atoms with Gasteiger partial charge in [-0.15, -0.1) is 0 Å². The number of nitrogens with zero attached hydrogens (tertiary/aromatic N) is 1. The third kappa shape index (κ3) is 2.80. The molecule has 0 bridgehead atoms. The van der Waals surface area contributed by atoms with Gasteiger partial charge in [-0.25, -0.2) is 4.39 Å². The zero-order valence-corrected chi connectivity index (χ0v) is 11.3. The molecule has 1 aromatic rings. The predicted molar refractivity (Wildman–Crippen MR) is 70.7 cm³/mol. The maximum Gasteiger partial charge on any atom is 0.324 e. The summed E-state index contributed by atoms with van der Waals surface area (Å²) in [6.07, 6.45) is 0.207. The van der Waals surface area contributed by atoms with Gasteiger partial charge in [0.05, 0.1) is 4.92 Å². The smallest absolute Gasteiger partial charge is 0.324 e. The number of nitro groups is 1. The molecule has 0 saturated heterocycles. The molecule has 8 heteroatoms. The van der Waals surface area contributed by atoms with E-state index >= 15 is 0 Å². The average Bonchev–Trinajstić information content (AvgIpc) is 2.85. The first-order chi connectivity index (χ1) is 9.89. The summed E-state index contributed by atoms with van der Waals surface area (Å²) < 4.78 is 19.1. The average molecular weight is 298 g/mol. The molecule has 0 aliphatic heterocycles. The minimum absolute atomic E-state index is 0.115. The second kappa shape index (κ2) is 5.65. The van der Waals surface area contributed by atoms with Crippen molar-refractivity contribution in [2.75, 3.05) is 7.05 Å². The van der Waals surface area contributed by atoms with E-state index in [0.717, 1.165) is 12.1 Å². The molecule has 2 unspecified atom stereocenters. The highest BCUT2D eigenvalue weighted by Crippen LogP contribution is 2.37. The monoisotopic (exact) mass is 298 g/mol. The van der Waals surface area contributed by atoms with E-state index in [2.05, 4.69) is 5.32 Å². The molecule has 0 heterocycles. The van der Waals surface area contributed by atoms with E-state index in [1.807, 2.05) is 0 Å². The topological polar surface area (TPSA) is 102 Å². The van der Waals surface area contributed by atoms with Gasteiger partial charge in [0.15, 0.2) is 5.82 Å². The van der Waals surface area contributed by atoms with Crippen molar-refractivity contribution in [3.05, 3.63) is 34.1 Å². The lowest BCUT2D eigenvalue weighted by molar-refractivity contribution is -0.386. The fourth-order valence-corrected chi connectivity index (χ4v) is 2.55. The molecule has 0 amide bonds. The van der Waals surface area contributed by atoms with Crippen LogP contribution in [-0.4, -0.2) is 34.7 Å². The van der Waals surface area contributed by atoms with Crippen molar-refractivity contribution in [1.29, 1.82) is 0 Å². The first-order valence-corrected chi connectivity index (χ1v) is 6.41. The molecule has 0 radical (unpaired) electrons. The van der Waals surface area contributed by atoms with E-state index in [0.29, 0.717) is 12.8 Å². The van der Waals surface area contributed by atoms with E-state index < -0.39 is 39.8 Å². The molecule has 1 fully saturated rings. The second-order valence-corrected chi connectivity index (χ2v) is 4.97. The first-order valence-electron chi connectivity index (χ1n) is 6.41. The SMILES string of the molecule is CNC1(C(=O)O)CCC(Oc2c(F)cccc2[N+](=O)[O-])C1. The lowest BCUT2D eigenvalue weighted by Crippen LogP contribution is -2.48. The summed E-state index contributed by atoms with van der Waals surface area (Å²) in [6.45, 7) is 0. The van der Waals surface area contributed by atoms with Crippen molar-refractivity contribution in [3.63, 3.8) is 0 Å². The van der Waals surface area contributed by atoms with Crippen LogP contribution in [0.5, 0.6) is 5.75 Å². The molecular weight excluding hydrogens is 283 g/mol. The van der Waals surface area contributed by atoms with Crippen molar-refractivity contribution in [2.24, 2.45) is 0 Å². The standard InChI is InChI=1S/C13H15FN2O5/c1-15-13(12(17)18)6-5-8(7-13)21-11-9(14)3-2-4-10(11)16(19)20/h2-4,8,15H,5-7H2,1H3,(H,17,18). The molecule has 2 rings (SSSR count). The van der Waals surface area contributed by atoms with Gasteiger partial charge < -0.3 is 15.2 Å². The van der Waals surface area contributed by atoms with Gasteiger partial charge in [0.2, 0.25) is 5.75 Å². The van der Waals surface area contributed by atoms with E-state index in [1.165, 1.54) is 13.1 Å². The third-order valence-electron chi connectivity index (χ3n) is 3.78. The van der Waals surface area contributed by atoms with Crippen LogP contribution in [0, 0.1) is 15.9 Å². The Bertz CT molecular complexity index is 580. The number of nitrogens with one attached hydrogen (secondary N) is 1. The minimum Gasteiger partial charge on any atom is -0.481 e. The van der Waals surface area contributed by atoms with Crippen LogP contribution in [0.4, 0.5) is 10.1 Å². The molecule has 1 saturated carbocycles. The fraction of sp³-hybridized carbons (Fsp3) is 0.462. The number of aliphatic carboxylic acids is 1. The molecule has 114 valence electrons. The number of nitro benzene ring substituents is 1. The number of ether oxygens (including phenoxy) is 1. The van der Waals surface area contributed by atoms with Gasteiger partial charge in [0.1, 0.15) is 11.6 Å². The number of carbonyl (C=O) groups is 1. The minimum atomic E-state index is -1.13. The Labute approximate surface area is 119 Å². The quantitative estimate of drug-likeness (QED) is 0.634. The van der Waals surface area contributed by atoms with Crippen molar-refractivity contribution < 1.29 is 24.0 Å². The maximum absolute atomic E-state index is 13.7.